The predicted molar refractivity (Wildman–Crippen MR) is 99.7 cm³/mol. The second-order valence-corrected chi connectivity index (χ2v) is 6.93. The summed E-state index contributed by atoms with van der Waals surface area (Å²) in [5, 5.41) is 4.86. The fourth-order valence-electron chi connectivity index (χ4n) is 2.75. The molecule has 1 fully saturated rings. The standard InChI is InChI=1S/C19H15F7N4O3/c20-13-9-27-14(13)7-10-1-4-12(5-2-10)30(33-16(31)19(24,25)26)17(32)29-11-3-6-15(28-8-11)18(21,22)23/h1-6,8,13-14,27H,7,9H2,(H,29,32)/t13-,14-/m0/s1. The van der Waals surface area contributed by atoms with E-state index in [0.717, 1.165) is 18.2 Å². The molecule has 2 atom stereocenters. The highest BCUT2D eigenvalue weighted by atomic mass is 19.4. The lowest BCUT2D eigenvalue weighted by Crippen LogP contribution is -2.55. The second-order valence-electron chi connectivity index (χ2n) is 6.93. The Hall–Kier alpha value is -3.42. The van der Waals surface area contributed by atoms with E-state index in [1.807, 2.05) is 5.32 Å². The van der Waals surface area contributed by atoms with Crippen molar-refractivity contribution in [3.8, 4) is 0 Å². The van der Waals surface area contributed by atoms with Crippen molar-refractivity contribution in [3.63, 3.8) is 0 Å². The number of halogens is 7. The van der Waals surface area contributed by atoms with E-state index in [1.54, 1.807) is 0 Å². The lowest BCUT2D eigenvalue weighted by molar-refractivity contribution is -0.199. The van der Waals surface area contributed by atoms with E-state index in [0.29, 0.717) is 17.8 Å². The monoisotopic (exact) mass is 480 g/mol. The normalized spacial score (nSPS) is 18.3. The molecule has 0 aliphatic carbocycles. The fraction of sp³-hybridized carbons (Fsp3) is 0.316. The zero-order chi connectivity index (χ0) is 24.4. The maximum atomic E-state index is 13.4. The number of anilines is 2. The third kappa shape index (κ3) is 6.09. The average Bonchev–Trinajstić information content (AvgIpc) is 2.74. The van der Waals surface area contributed by atoms with E-state index >= 15 is 0 Å². The first-order chi connectivity index (χ1) is 15.3. The third-order valence-corrected chi connectivity index (χ3v) is 4.53. The smallest absolute Gasteiger partial charge is 0.323 e. The molecule has 2 amide bonds. The molecule has 1 aromatic carbocycles. The molecule has 14 heteroatoms. The van der Waals surface area contributed by atoms with Crippen molar-refractivity contribution in [1.29, 1.82) is 0 Å². The molecule has 7 nitrogen and oxygen atoms in total. The molecule has 0 bridgehead atoms. The van der Waals surface area contributed by atoms with Crippen molar-refractivity contribution < 1.29 is 45.2 Å². The van der Waals surface area contributed by atoms with Crippen molar-refractivity contribution in [2.45, 2.75) is 31.0 Å². The van der Waals surface area contributed by atoms with E-state index in [2.05, 4.69) is 15.1 Å². The van der Waals surface area contributed by atoms with Gasteiger partial charge in [-0.2, -0.15) is 26.3 Å². The fourth-order valence-corrected chi connectivity index (χ4v) is 2.75. The van der Waals surface area contributed by atoms with Gasteiger partial charge < -0.3 is 15.5 Å². The summed E-state index contributed by atoms with van der Waals surface area (Å²) >= 11 is 0. The zero-order valence-corrected chi connectivity index (χ0v) is 16.4. The molecule has 0 unspecified atom stereocenters. The first-order valence-corrected chi connectivity index (χ1v) is 9.24. The molecule has 1 aliphatic heterocycles. The number of hydrogen-bond donors (Lipinski definition) is 2. The zero-order valence-electron chi connectivity index (χ0n) is 16.4. The van der Waals surface area contributed by atoms with Gasteiger partial charge in [-0.15, -0.1) is 5.06 Å². The average molecular weight is 480 g/mol. The summed E-state index contributed by atoms with van der Waals surface area (Å²) in [6.07, 6.45) is -10.3. The van der Waals surface area contributed by atoms with E-state index in [-0.39, 0.29) is 29.4 Å². The second kappa shape index (κ2) is 9.21. The van der Waals surface area contributed by atoms with E-state index < -0.39 is 42.3 Å². The van der Waals surface area contributed by atoms with E-state index in [1.165, 1.54) is 12.1 Å². The largest absolute Gasteiger partial charge is 0.493 e. The highest BCUT2D eigenvalue weighted by molar-refractivity contribution is 6.01. The molecule has 2 heterocycles. The Balaban J connectivity index is 1.78. The predicted octanol–water partition coefficient (Wildman–Crippen LogP) is 4.01. The summed E-state index contributed by atoms with van der Waals surface area (Å²) in [6, 6.07) is 4.64. The Kier molecular flexibility index (Phi) is 6.76. The number of rotatable bonds is 4. The molecule has 178 valence electrons. The van der Waals surface area contributed by atoms with Gasteiger partial charge in [-0.05, 0) is 36.2 Å². The van der Waals surface area contributed by atoms with Crippen molar-refractivity contribution in [3.05, 3.63) is 53.9 Å². The van der Waals surface area contributed by atoms with Crippen LogP contribution in [0.3, 0.4) is 0 Å². The number of carbonyl (C=O) groups is 2. The molecule has 0 radical (unpaired) electrons. The molecular weight excluding hydrogens is 465 g/mol. The molecule has 0 saturated carbocycles. The van der Waals surface area contributed by atoms with Gasteiger partial charge in [0, 0.05) is 12.6 Å². The minimum Gasteiger partial charge on any atom is -0.323 e. The van der Waals surface area contributed by atoms with Gasteiger partial charge in [-0.25, -0.2) is 19.0 Å². The molecule has 1 aliphatic rings. The van der Waals surface area contributed by atoms with Gasteiger partial charge in [0.2, 0.25) is 0 Å². The number of amides is 2. The van der Waals surface area contributed by atoms with Crippen molar-refractivity contribution in [1.82, 2.24) is 10.3 Å². The van der Waals surface area contributed by atoms with Crippen molar-refractivity contribution >= 4 is 23.4 Å². The van der Waals surface area contributed by atoms with Crippen LogP contribution >= 0.6 is 0 Å². The third-order valence-electron chi connectivity index (χ3n) is 4.53. The number of benzene rings is 1. The van der Waals surface area contributed by atoms with Gasteiger partial charge in [0.05, 0.1) is 17.6 Å². The Labute approximate surface area is 181 Å². The van der Waals surface area contributed by atoms with E-state index in [4.69, 9.17) is 0 Å². The number of alkyl halides is 7. The number of nitrogens with one attached hydrogen (secondary N) is 2. The SMILES string of the molecule is O=C(Nc1ccc(C(F)(F)F)nc1)N(OC(=O)C(F)(F)F)c1ccc(C[C@@H]2NC[C@@H]2F)cc1. The summed E-state index contributed by atoms with van der Waals surface area (Å²) in [4.78, 5) is 31.1. The van der Waals surface area contributed by atoms with Gasteiger partial charge >= 0.3 is 24.4 Å². The Morgan fingerprint density at radius 3 is 2.21 bits per heavy atom. The van der Waals surface area contributed by atoms with Crippen molar-refractivity contribution in [2.75, 3.05) is 16.9 Å². The molecule has 1 aromatic heterocycles. The van der Waals surface area contributed by atoms with Crippen LogP contribution in [-0.4, -0.2) is 41.9 Å². The van der Waals surface area contributed by atoms with Crippen LogP contribution < -0.4 is 15.7 Å². The lowest BCUT2D eigenvalue weighted by Gasteiger charge is -2.32. The summed E-state index contributed by atoms with van der Waals surface area (Å²) < 4.78 is 89.2. The molecule has 3 rings (SSSR count). The number of hydrogen-bond acceptors (Lipinski definition) is 5. The minimum atomic E-state index is -5.43. The molecule has 1 saturated heterocycles. The minimum absolute atomic E-state index is 0.00315. The van der Waals surface area contributed by atoms with Gasteiger partial charge in [-0.3, -0.25) is 0 Å². The van der Waals surface area contributed by atoms with Crippen LogP contribution in [0.2, 0.25) is 0 Å². The molecular formula is C19H15F7N4O3. The van der Waals surface area contributed by atoms with Crippen molar-refractivity contribution in [2.24, 2.45) is 0 Å². The number of carbonyl (C=O) groups excluding carboxylic acids is 2. The Morgan fingerprint density at radius 2 is 1.76 bits per heavy atom. The van der Waals surface area contributed by atoms with Gasteiger partial charge in [-0.1, -0.05) is 12.1 Å². The first-order valence-electron chi connectivity index (χ1n) is 9.24. The summed E-state index contributed by atoms with van der Waals surface area (Å²) in [7, 11) is 0. The number of hydroxylamine groups is 1. The van der Waals surface area contributed by atoms with E-state index in [9.17, 15) is 40.3 Å². The van der Waals surface area contributed by atoms with Gasteiger partial charge in [0.1, 0.15) is 11.9 Å². The van der Waals surface area contributed by atoms with Crippen LogP contribution in [0.4, 0.5) is 46.9 Å². The van der Waals surface area contributed by atoms with Crippen LogP contribution in [0.15, 0.2) is 42.6 Å². The van der Waals surface area contributed by atoms with Gasteiger partial charge in [0.25, 0.3) is 0 Å². The summed E-state index contributed by atoms with van der Waals surface area (Å²) in [6.45, 7) is 0.211. The maximum absolute atomic E-state index is 13.4. The Morgan fingerprint density at radius 1 is 1.09 bits per heavy atom. The quantitative estimate of drug-likeness (QED) is 0.511. The highest BCUT2D eigenvalue weighted by Gasteiger charge is 2.44. The van der Waals surface area contributed by atoms with Crippen LogP contribution in [-0.2, 0) is 22.2 Å². The molecule has 2 N–H and O–H groups in total. The molecule has 2 aromatic rings. The van der Waals surface area contributed by atoms with Crippen LogP contribution in [0.25, 0.3) is 0 Å². The van der Waals surface area contributed by atoms with Crippen LogP contribution in [0, 0.1) is 0 Å². The lowest BCUT2D eigenvalue weighted by atomic mass is 9.96. The number of aromatic nitrogens is 1. The molecule has 33 heavy (non-hydrogen) atoms. The Bertz CT molecular complexity index is 994. The van der Waals surface area contributed by atoms with Gasteiger partial charge in [0.15, 0.2) is 0 Å². The maximum Gasteiger partial charge on any atom is 0.493 e. The first kappa shape index (κ1) is 24.2. The highest BCUT2D eigenvalue weighted by Crippen LogP contribution is 2.28. The summed E-state index contributed by atoms with van der Waals surface area (Å²) in [5.74, 6) is -2.70. The topological polar surface area (TPSA) is 83.6 Å². The number of nitrogens with zero attached hydrogens (tertiary/aromatic N) is 2. The summed E-state index contributed by atoms with van der Waals surface area (Å²) in [5.41, 5.74) is -1.27. The number of urea groups is 1. The number of pyridine rings is 1. The van der Waals surface area contributed by atoms with Crippen LogP contribution in [0.1, 0.15) is 11.3 Å². The molecule has 0 spiro atoms. The van der Waals surface area contributed by atoms with Crippen LogP contribution in [0.5, 0.6) is 0 Å².